The number of hydrogen-bond donors (Lipinski definition) is 1. The summed E-state index contributed by atoms with van der Waals surface area (Å²) >= 11 is 1.21. The molecule has 0 bridgehead atoms. The Morgan fingerprint density at radius 3 is 2.70 bits per heavy atom. The van der Waals surface area contributed by atoms with Crippen molar-refractivity contribution in [1.29, 1.82) is 0 Å². The van der Waals surface area contributed by atoms with Crippen molar-refractivity contribution in [3.05, 3.63) is 32.7 Å². The maximum atomic E-state index is 12.4. The van der Waals surface area contributed by atoms with Crippen LogP contribution in [-0.2, 0) is 14.1 Å². The van der Waals surface area contributed by atoms with Crippen LogP contribution in [0.2, 0.25) is 0 Å². The van der Waals surface area contributed by atoms with Gasteiger partial charge in [0, 0.05) is 20.1 Å². The third kappa shape index (κ3) is 2.69. The number of carbonyl (C=O) groups excluding carboxylic acids is 1. The standard InChI is InChI=1S/C13H16N6O3S/c1-17-10(14)9(11(21)18(2)13(17)22)8(20)5-23-12-16-15-6-19(12)7-3-4-7/h6-7H,3-5,14H2,1-2H3. The summed E-state index contributed by atoms with van der Waals surface area (Å²) in [6, 6.07) is 0.401. The second-order valence-electron chi connectivity index (χ2n) is 5.43. The first kappa shape index (κ1) is 15.5. The van der Waals surface area contributed by atoms with Crippen LogP contribution in [-0.4, -0.2) is 35.4 Å². The third-order valence-corrected chi connectivity index (χ3v) is 4.76. The van der Waals surface area contributed by atoms with Crippen molar-refractivity contribution in [2.45, 2.75) is 24.0 Å². The van der Waals surface area contributed by atoms with E-state index in [-0.39, 0.29) is 17.1 Å². The van der Waals surface area contributed by atoms with E-state index in [2.05, 4.69) is 10.2 Å². The first-order valence-corrected chi connectivity index (χ1v) is 8.01. The van der Waals surface area contributed by atoms with Crippen molar-refractivity contribution in [3.8, 4) is 0 Å². The first-order chi connectivity index (χ1) is 10.9. The lowest BCUT2D eigenvalue weighted by atomic mass is 10.2. The predicted molar refractivity (Wildman–Crippen MR) is 84.7 cm³/mol. The molecule has 2 heterocycles. The zero-order valence-electron chi connectivity index (χ0n) is 12.7. The molecule has 1 aliphatic carbocycles. The van der Waals surface area contributed by atoms with Crippen molar-refractivity contribution in [3.63, 3.8) is 0 Å². The molecule has 2 N–H and O–H groups in total. The van der Waals surface area contributed by atoms with Crippen LogP contribution in [0.15, 0.2) is 21.1 Å². The van der Waals surface area contributed by atoms with Gasteiger partial charge in [0.05, 0.1) is 5.75 Å². The van der Waals surface area contributed by atoms with Gasteiger partial charge in [0.25, 0.3) is 5.56 Å². The van der Waals surface area contributed by atoms with E-state index in [1.165, 1.54) is 25.9 Å². The number of aromatic nitrogens is 5. The van der Waals surface area contributed by atoms with Gasteiger partial charge >= 0.3 is 5.69 Å². The molecule has 10 heteroatoms. The minimum atomic E-state index is -0.681. The highest BCUT2D eigenvalue weighted by atomic mass is 32.2. The van der Waals surface area contributed by atoms with Gasteiger partial charge in [-0.2, -0.15) is 0 Å². The molecule has 0 aromatic carbocycles. The molecule has 0 radical (unpaired) electrons. The fourth-order valence-electron chi connectivity index (χ4n) is 2.26. The number of hydrogen-bond acceptors (Lipinski definition) is 7. The average molecular weight is 336 g/mol. The molecule has 0 amide bonds. The van der Waals surface area contributed by atoms with Gasteiger partial charge in [-0.25, -0.2) is 4.79 Å². The van der Waals surface area contributed by atoms with E-state index in [9.17, 15) is 14.4 Å². The first-order valence-electron chi connectivity index (χ1n) is 7.02. The largest absolute Gasteiger partial charge is 0.384 e. The van der Waals surface area contributed by atoms with Crippen LogP contribution in [0.25, 0.3) is 0 Å². The van der Waals surface area contributed by atoms with Crippen molar-refractivity contribution in [2.24, 2.45) is 14.1 Å². The summed E-state index contributed by atoms with van der Waals surface area (Å²) < 4.78 is 3.90. The Kier molecular flexibility index (Phi) is 3.84. The quantitative estimate of drug-likeness (QED) is 0.581. The smallest absolute Gasteiger partial charge is 0.332 e. The molecule has 2 aromatic rings. The molecule has 2 aromatic heterocycles. The number of nitrogens with two attached hydrogens (primary N) is 1. The molecule has 0 unspecified atom stereocenters. The van der Waals surface area contributed by atoms with Crippen LogP contribution < -0.4 is 17.0 Å². The molecule has 9 nitrogen and oxygen atoms in total. The molecule has 23 heavy (non-hydrogen) atoms. The summed E-state index contributed by atoms with van der Waals surface area (Å²) in [4.78, 5) is 36.3. The van der Waals surface area contributed by atoms with Gasteiger partial charge in [-0.3, -0.25) is 18.7 Å². The van der Waals surface area contributed by atoms with Crippen LogP contribution >= 0.6 is 11.8 Å². The number of Topliss-reactive ketones (excluding diaryl/α,β-unsaturated/α-hetero) is 1. The Balaban J connectivity index is 1.85. The van der Waals surface area contributed by atoms with Crippen molar-refractivity contribution in [1.82, 2.24) is 23.9 Å². The number of thioether (sulfide) groups is 1. The zero-order valence-corrected chi connectivity index (χ0v) is 13.5. The molecule has 1 fully saturated rings. The lowest BCUT2D eigenvalue weighted by Crippen LogP contribution is -2.41. The summed E-state index contributed by atoms with van der Waals surface area (Å²) in [6.45, 7) is 0. The summed E-state index contributed by atoms with van der Waals surface area (Å²) in [6.07, 6.45) is 3.80. The van der Waals surface area contributed by atoms with E-state index in [4.69, 9.17) is 5.73 Å². The number of carbonyl (C=O) groups is 1. The Labute approximate surface area is 135 Å². The van der Waals surface area contributed by atoms with Crippen LogP contribution in [0.4, 0.5) is 5.82 Å². The number of nitrogen functional groups attached to an aromatic ring is 1. The predicted octanol–water partition coefficient (Wildman–Crippen LogP) is -0.432. The molecule has 1 saturated carbocycles. The summed E-state index contributed by atoms with van der Waals surface area (Å²) in [5.74, 6) is -0.551. The van der Waals surface area contributed by atoms with Crippen LogP contribution in [0, 0.1) is 0 Å². The lowest BCUT2D eigenvalue weighted by Gasteiger charge is -2.10. The average Bonchev–Trinajstić information content (AvgIpc) is 3.27. The van der Waals surface area contributed by atoms with Crippen molar-refractivity contribution < 1.29 is 4.79 Å². The van der Waals surface area contributed by atoms with E-state index in [0.29, 0.717) is 11.2 Å². The molecule has 3 rings (SSSR count). The molecule has 0 spiro atoms. The second-order valence-corrected chi connectivity index (χ2v) is 6.37. The van der Waals surface area contributed by atoms with Crippen LogP contribution in [0.1, 0.15) is 29.2 Å². The fraction of sp³-hybridized carbons (Fsp3) is 0.462. The highest BCUT2D eigenvalue weighted by Gasteiger charge is 2.27. The maximum Gasteiger partial charge on any atom is 0.332 e. The van der Waals surface area contributed by atoms with Crippen molar-refractivity contribution in [2.75, 3.05) is 11.5 Å². The monoisotopic (exact) mass is 336 g/mol. The molecule has 1 aliphatic rings. The second kappa shape index (κ2) is 5.69. The van der Waals surface area contributed by atoms with Gasteiger partial charge < -0.3 is 10.3 Å². The lowest BCUT2D eigenvalue weighted by molar-refractivity contribution is 0.102. The third-order valence-electron chi connectivity index (χ3n) is 3.80. The van der Waals surface area contributed by atoms with E-state index >= 15 is 0 Å². The molecule has 0 aliphatic heterocycles. The van der Waals surface area contributed by atoms with E-state index in [1.54, 1.807) is 6.33 Å². The number of rotatable bonds is 5. The van der Waals surface area contributed by atoms with E-state index in [0.717, 1.165) is 22.0 Å². The van der Waals surface area contributed by atoms with E-state index in [1.807, 2.05) is 4.57 Å². The number of nitrogens with zero attached hydrogens (tertiary/aromatic N) is 5. The molecular weight excluding hydrogens is 320 g/mol. The fourth-order valence-corrected chi connectivity index (χ4v) is 3.12. The van der Waals surface area contributed by atoms with Gasteiger partial charge in [0.1, 0.15) is 17.7 Å². The molecular formula is C13H16N6O3S. The van der Waals surface area contributed by atoms with Gasteiger partial charge in [0.15, 0.2) is 10.9 Å². The van der Waals surface area contributed by atoms with Crippen LogP contribution in [0.5, 0.6) is 0 Å². The van der Waals surface area contributed by atoms with Gasteiger partial charge in [-0.1, -0.05) is 11.8 Å². The SMILES string of the molecule is Cn1c(N)c(C(=O)CSc2nncn2C2CC2)c(=O)n(C)c1=O. The highest BCUT2D eigenvalue weighted by Crippen LogP contribution is 2.37. The number of ketones is 1. The maximum absolute atomic E-state index is 12.4. The van der Waals surface area contributed by atoms with E-state index < -0.39 is 17.0 Å². The zero-order chi connectivity index (χ0) is 16.7. The van der Waals surface area contributed by atoms with Crippen LogP contribution in [0.3, 0.4) is 0 Å². The topological polar surface area (TPSA) is 118 Å². The summed E-state index contributed by atoms with van der Waals surface area (Å²) in [7, 11) is 2.74. The Morgan fingerprint density at radius 2 is 2.04 bits per heavy atom. The minimum absolute atomic E-state index is 0.00303. The van der Waals surface area contributed by atoms with Crippen molar-refractivity contribution >= 4 is 23.4 Å². The normalized spacial score (nSPS) is 14.2. The minimum Gasteiger partial charge on any atom is -0.384 e. The Morgan fingerprint density at radius 1 is 1.35 bits per heavy atom. The molecule has 122 valence electrons. The Bertz CT molecular complexity index is 892. The Hall–Kier alpha value is -2.36. The van der Waals surface area contributed by atoms with Gasteiger partial charge in [0.2, 0.25) is 0 Å². The summed E-state index contributed by atoms with van der Waals surface area (Å²) in [5, 5.41) is 8.48. The summed E-state index contributed by atoms with van der Waals surface area (Å²) in [5.41, 5.74) is 4.37. The number of anilines is 1. The highest BCUT2D eigenvalue weighted by molar-refractivity contribution is 7.99. The molecule has 0 saturated heterocycles. The molecule has 0 atom stereocenters. The van der Waals surface area contributed by atoms with Gasteiger partial charge in [-0.05, 0) is 12.8 Å². The van der Waals surface area contributed by atoms with Gasteiger partial charge in [-0.15, -0.1) is 10.2 Å².